The normalized spacial score (nSPS) is 13.9. The van der Waals surface area contributed by atoms with E-state index in [0.717, 1.165) is 0 Å². The van der Waals surface area contributed by atoms with Crippen molar-refractivity contribution in [2.24, 2.45) is 11.5 Å². The molecule has 13 nitrogen and oxygen atoms in total. The van der Waals surface area contributed by atoms with Crippen molar-refractivity contribution in [2.45, 2.75) is 24.5 Å². The summed E-state index contributed by atoms with van der Waals surface area (Å²) in [5.41, 5.74) is 10.2. The van der Waals surface area contributed by atoms with Crippen molar-refractivity contribution in [3.63, 3.8) is 0 Å². The first-order valence-electron chi connectivity index (χ1n) is 6.98. The predicted octanol–water partition coefficient (Wildman–Crippen LogP) is -5.66. The van der Waals surface area contributed by atoms with Crippen LogP contribution in [-0.2, 0) is 24.0 Å². The smallest absolute Gasteiger partial charge is 0.328 e. The van der Waals surface area contributed by atoms with Crippen LogP contribution < -0.4 is 27.4 Å². The molecule has 142 valence electrons. The first-order chi connectivity index (χ1) is 11.6. The Morgan fingerprint density at radius 3 is 1.96 bits per heavy atom. The molecule has 0 aliphatic carbocycles. The minimum atomic E-state index is -1.64. The Hall–Kier alpha value is -2.77. The average Bonchev–Trinajstić information content (AvgIpc) is 2.54. The zero-order chi connectivity index (χ0) is 19.6. The molecule has 10 N–H and O–H groups in total. The summed E-state index contributed by atoms with van der Waals surface area (Å²) >= 11 is 0. The van der Waals surface area contributed by atoms with Crippen LogP contribution >= 0.6 is 0 Å². The van der Waals surface area contributed by atoms with E-state index in [9.17, 15) is 24.0 Å². The fraction of sp³-hybridized carbons (Fsp3) is 0.583. The lowest BCUT2D eigenvalue weighted by molar-refractivity contribution is -0.143. The number of aliphatic hydroxyl groups is 2. The number of hydrogen-bond donors (Lipinski definition) is 8. The zero-order valence-corrected chi connectivity index (χ0v) is 13.1. The summed E-state index contributed by atoms with van der Waals surface area (Å²) in [4.78, 5) is 56.7. The summed E-state index contributed by atoms with van der Waals surface area (Å²) in [6.45, 7) is -2.16. The van der Waals surface area contributed by atoms with Gasteiger partial charge in [-0.25, -0.2) is 4.79 Å². The third-order valence-corrected chi connectivity index (χ3v) is 2.81. The molecule has 0 radical (unpaired) electrons. The van der Waals surface area contributed by atoms with E-state index >= 15 is 0 Å². The Labute approximate surface area is 141 Å². The lowest BCUT2D eigenvalue weighted by Gasteiger charge is -2.20. The zero-order valence-electron chi connectivity index (χ0n) is 13.1. The number of primary amides is 1. The van der Waals surface area contributed by atoms with Crippen molar-refractivity contribution in [1.29, 1.82) is 0 Å². The van der Waals surface area contributed by atoms with Crippen LogP contribution in [0.3, 0.4) is 0 Å². The summed E-state index contributed by atoms with van der Waals surface area (Å²) in [7, 11) is 0. The molecule has 25 heavy (non-hydrogen) atoms. The number of aliphatic hydroxyl groups excluding tert-OH is 2. The van der Waals surface area contributed by atoms with E-state index in [4.69, 9.17) is 26.8 Å². The highest BCUT2D eigenvalue weighted by atomic mass is 16.4. The molecular weight excluding hydrogens is 342 g/mol. The van der Waals surface area contributed by atoms with Crippen LogP contribution in [0.5, 0.6) is 0 Å². The highest BCUT2D eigenvalue weighted by Gasteiger charge is 2.27. The average molecular weight is 363 g/mol. The Morgan fingerprint density at radius 1 is 0.920 bits per heavy atom. The lowest BCUT2D eigenvalue weighted by atomic mass is 10.1. The van der Waals surface area contributed by atoms with Gasteiger partial charge >= 0.3 is 5.97 Å². The highest BCUT2D eigenvalue weighted by molar-refractivity contribution is 5.94. The van der Waals surface area contributed by atoms with Crippen LogP contribution in [-0.4, -0.2) is 82.8 Å². The highest BCUT2D eigenvalue weighted by Crippen LogP contribution is 1.95. The van der Waals surface area contributed by atoms with Gasteiger partial charge in [0.2, 0.25) is 23.6 Å². The number of carboxylic acids is 1. The van der Waals surface area contributed by atoms with Crippen LogP contribution in [0.25, 0.3) is 0 Å². The number of carbonyl (C=O) groups excluding carboxylic acids is 4. The summed E-state index contributed by atoms with van der Waals surface area (Å²) in [6, 6.07) is -4.39. The molecular formula is C12H21N5O8. The van der Waals surface area contributed by atoms with Crippen LogP contribution in [0.1, 0.15) is 6.42 Å². The topological polar surface area (TPSA) is 234 Å². The van der Waals surface area contributed by atoms with Crippen molar-refractivity contribution >= 4 is 29.6 Å². The summed E-state index contributed by atoms with van der Waals surface area (Å²) in [5.74, 6) is -5.25. The Balaban J connectivity index is 4.78. The molecule has 0 spiro atoms. The first-order valence-corrected chi connectivity index (χ1v) is 6.98. The lowest BCUT2D eigenvalue weighted by Crippen LogP contribution is -2.55. The molecule has 0 rings (SSSR count). The molecule has 0 saturated heterocycles. The van der Waals surface area contributed by atoms with E-state index in [-0.39, 0.29) is 0 Å². The monoisotopic (exact) mass is 363 g/mol. The number of carboxylic acid groups (broad SMARTS) is 1. The Morgan fingerprint density at radius 2 is 1.52 bits per heavy atom. The van der Waals surface area contributed by atoms with Gasteiger partial charge in [0.15, 0.2) is 0 Å². The number of carbonyl (C=O) groups is 5. The SMILES string of the molecule is NC(=O)C[C@H](NC(=O)CNC(=O)[C@@H](N)CO)C(=O)N[C@@H](CO)C(=O)O. The molecule has 0 aliphatic heterocycles. The summed E-state index contributed by atoms with van der Waals surface area (Å²) < 4.78 is 0. The Bertz CT molecular complexity index is 526. The van der Waals surface area contributed by atoms with E-state index in [1.165, 1.54) is 0 Å². The number of nitrogens with two attached hydrogens (primary N) is 2. The van der Waals surface area contributed by atoms with Crippen molar-refractivity contribution in [1.82, 2.24) is 16.0 Å². The van der Waals surface area contributed by atoms with E-state index in [1.54, 1.807) is 0 Å². The second-order valence-corrected chi connectivity index (χ2v) is 4.88. The molecule has 0 saturated carbocycles. The number of amides is 4. The van der Waals surface area contributed by atoms with Gasteiger partial charge in [-0.15, -0.1) is 0 Å². The van der Waals surface area contributed by atoms with Crippen molar-refractivity contribution < 1.29 is 39.3 Å². The van der Waals surface area contributed by atoms with Gasteiger partial charge in [-0.2, -0.15) is 0 Å². The molecule has 0 aromatic rings. The fourth-order valence-corrected chi connectivity index (χ4v) is 1.50. The summed E-state index contributed by atoms with van der Waals surface area (Å²) in [5, 5.41) is 32.4. The van der Waals surface area contributed by atoms with Crippen molar-refractivity contribution in [3.8, 4) is 0 Å². The van der Waals surface area contributed by atoms with Gasteiger partial charge in [0, 0.05) is 0 Å². The minimum Gasteiger partial charge on any atom is -0.480 e. The van der Waals surface area contributed by atoms with E-state index < -0.39 is 73.9 Å². The molecule has 0 heterocycles. The molecule has 0 fully saturated rings. The molecule has 3 atom stereocenters. The largest absolute Gasteiger partial charge is 0.480 e. The van der Waals surface area contributed by atoms with Crippen molar-refractivity contribution in [3.05, 3.63) is 0 Å². The van der Waals surface area contributed by atoms with E-state index in [1.807, 2.05) is 5.32 Å². The van der Waals surface area contributed by atoms with Gasteiger partial charge in [-0.1, -0.05) is 0 Å². The van der Waals surface area contributed by atoms with E-state index in [0.29, 0.717) is 0 Å². The van der Waals surface area contributed by atoms with Crippen LogP contribution in [0, 0.1) is 0 Å². The second kappa shape index (κ2) is 10.9. The van der Waals surface area contributed by atoms with Crippen LogP contribution in [0.2, 0.25) is 0 Å². The first kappa shape index (κ1) is 22.2. The Kier molecular flexibility index (Phi) is 9.69. The number of hydrogen-bond acceptors (Lipinski definition) is 8. The number of aliphatic carboxylic acids is 1. The third-order valence-electron chi connectivity index (χ3n) is 2.81. The van der Waals surface area contributed by atoms with Gasteiger partial charge in [0.05, 0.1) is 26.2 Å². The van der Waals surface area contributed by atoms with Gasteiger partial charge in [-0.3, -0.25) is 19.2 Å². The number of rotatable bonds is 11. The van der Waals surface area contributed by atoms with Gasteiger partial charge in [0.25, 0.3) is 0 Å². The molecule has 13 heteroatoms. The van der Waals surface area contributed by atoms with Crippen LogP contribution in [0.15, 0.2) is 0 Å². The van der Waals surface area contributed by atoms with Gasteiger partial charge in [0.1, 0.15) is 18.1 Å². The molecule has 0 aliphatic rings. The second-order valence-electron chi connectivity index (χ2n) is 4.88. The van der Waals surface area contributed by atoms with Crippen molar-refractivity contribution in [2.75, 3.05) is 19.8 Å². The van der Waals surface area contributed by atoms with Crippen LogP contribution in [0.4, 0.5) is 0 Å². The maximum atomic E-state index is 11.9. The standard InChI is InChI=1S/C12H21N5O8/c13-5(3-18)10(22)15-2-9(21)16-6(1-8(14)20)11(23)17-7(4-19)12(24)25/h5-7,18-19H,1-4,13H2,(H2,14,20)(H,15,22)(H,16,21)(H,17,23)(H,24,25)/t5-,6-,7-/m0/s1. The molecule has 4 amide bonds. The fourth-order valence-electron chi connectivity index (χ4n) is 1.50. The molecule has 0 unspecified atom stereocenters. The summed E-state index contributed by atoms with van der Waals surface area (Å²) in [6.07, 6.45) is -0.639. The minimum absolute atomic E-state index is 0.614. The molecule has 0 aromatic carbocycles. The van der Waals surface area contributed by atoms with Gasteiger partial charge in [-0.05, 0) is 0 Å². The third kappa shape index (κ3) is 8.59. The maximum Gasteiger partial charge on any atom is 0.328 e. The predicted molar refractivity (Wildman–Crippen MR) is 80.5 cm³/mol. The molecule has 0 aromatic heterocycles. The number of nitrogens with one attached hydrogen (secondary N) is 3. The maximum absolute atomic E-state index is 11.9. The quantitative estimate of drug-likeness (QED) is 0.174. The van der Waals surface area contributed by atoms with E-state index in [2.05, 4.69) is 10.6 Å². The molecule has 0 bridgehead atoms. The van der Waals surface area contributed by atoms with Gasteiger partial charge < -0.3 is 42.7 Å².